The summed E-state index contributed by atoms with van der Waals surface area (Å²) in [7, 11) is 0. The quantitative estimate of drug-likeness (QED) is 0.179. The van der Waals surface area contributed by atoms with Gasteiger partial charge in [0.1, 0.15) is 0 Å². The van der Waals surface area contributed by atoms with Gasteiger partial charge in [-0.15, -0.1) is 0 Å². The Hall–Kier alpha value is -6.64. The monoisotopic (exact) mass is 678 g/mol. The van der Waals surface area contributed by atoms with Gasteiger partial charge in [0.15, 0.2) is 0 Å². The zero-order chi connectivity index (χ0) is 35.5. The SMILES string of the molecule is CC1(C)c2ccccc2N(c2c(-c3ccccc3)ccc3ccccc23)c2cc(N(c3ccc4ccccc4c3)c3cccc4ccccc34)ccc21. The van der Waals surface area contributed by atoms with Crippen LogP contribution in [0.3, 0.4) is 0 Å². The molecule has 1 aliphatic rings. The van der Waals surface area contributed by atoms with Crippen molar-refractivity contribution in [3.05, 3.63) is 205 Å². The van der Waals surface area contributed by atoms with Crippen molar-refractivity contribution >= 4 is 66.4 Å². The molecule has 0 N–H and O–H groups in total. The molecule has 0 bridgehead atoms. The molecule has 2 nitrogen and oxygen atoms in total. The maximum absolute atomic E-state index is 2.55. The third-order valence-corrected chi connectivity index (χ3v) is 11.2. The van der Waals surface area contributed by atoms with Crippen molar-refractivity contribution in [1.82, 2.24) is 0 Å². The highest BCUT2D eigenvalue weighted by Gasteiger charge is 2.38. The van der Waals surface area contributed by atoms with Crippen LogP contribution in [0.15, 0.2) is 194 Å². The Morgan fingerprint density at radius 2 is 1.00 bits per heavy atom. The average Bonchev–Trinajstić information content (AvgIpc) is 3.21. The third kappa shape index (κ3) is 5.02. The van der Waals surface area contributed by atoms with Crippen LogP contribution >= 0.6 is 0 Å². The molecule has 10 rings (SSSR count). The van der Waals surface area contributed by atoms with Gasteiger partial charge in [0.2, 0.25) is 0 Å². The molecule has 0 saturated carbocycles. The Balaban J connectivity index is 1.29. The van der Waals surface area contributed by atoms with E-state index in [2.05, 4.69) is 218 Å². The van der Waals surface area contributed by atoms with E-state index in [4.69, 9.17) is 0 Å². The van der Waals surface area contributed by atoms with Crippen molar-refractivity contribution in [1.29, 1.82) is 0 Å². The zero-order valence-electron chi connectivity index (χ0n) is 29.9. The van der Waals surface area contributed by atoms with E-state index in [-0.39, 0.29) is 5.41 Å². The van der Waals surface area contributed by atoms with Gasteiger partial charge in [0.25, 0.3) is 0 Å². The van der Waals surface area contributed by atoms with Gasteiger partial charge < -0.3 is 9.80 Å². The van der Waals surface area contributed by atoms with E-state index in [1.807, 2.05) is 0 Å². The first kappa shape index (κ1) is 31.1. The van der Waals surface area contributed by atoms with Gasteiger partial charge in [-0.25, -0.2) is 0 Å². The number of rotatable bonds is 5. The molecule has 0 saturated heterocycles. The highest BCUT2D eigenvalue weighted by molar-refractivity contribution is 6.08. The Labute approximate surface area is 310 Å². The lowest BCUT2D eigenvalue weighted by atomic mass is 9.73. The first-order valence-corrected chi connectivity index (χ1v) is 18.4. The van der Waals surface area contributed by atoms with Gasteiger partial charge in [-0.2, -0.15) is 0 Å². The van der Waals surface area contributed by atoms with E-state index in [1.165, 1.54) is 71.6 Å². The summed E-state index contributed by atoms with van der Waals surface area (Å²) < 4.78 is 0. The van der Waals surface area contributed by atoms with Crippen LogP contribution in [-0.4, -0.2) is 0 Å². The van der Waals surface area contributed by atoms with E-state index in [0.717, 1.165) is 17.1 Å². The predicted octanol–water partition coefficient (Wildman–Crippen LogP) is 14.4. The molecular weight excluding hydrogens is 641 g/mol. The summed E-state index contributed by atoms with van der Waals surface area (Å²) in [6, 6.07) is 71.1. The highest BCUT2D eigenvalue weighted by atomic mass is 15.2. The Morgan fingerprint density at radius 1 is 0.415 bits per heavy atom. The number of nitrogens with zero attached hydrogens (tertiary/aromatic N) is 2. The minimum Gasteiger partial charge on any atom is -0.310 e. The molecule has 0 spiro atoms. The van der Waals surface area contributed by atoms with Gasteiger partial charge in [-0.1, -0.05) is 172 Å². The lowest BCUT2D eigenvalue weighted by Crippen LogP contribution is -2.31. The normalized spacial score (nSPS) is 13.2. The average molecular weight is 679 g/mol. The molecule has 0 aliphatic carbocycles. The lowest BCUT2D eigenvalue weighted by molar-refractivity contribution is 0.632. The van der Waals surface area contributed by atoms with Crippen LogP contribution in [0.25, 0.3) is 43.4 Å². The van der Waals surface area contributed by atoms with E-state index in [0.29, 0.717) is 0 Å². The first-order chi connectivity index (χ1) is 26.1. The van der Waals surface area contributed by atoms with E-state index in [9.17, 15) is 0 Å². The molecule has 1 aliphatic heterocycles. The largest absolute Gasteiger partial charge is 0.310 e. The van der Waals surface area contributed by atoms with Crippen molar-refractivity contribution < 1.29 is 0 Å². The number of anilines is 6. The second-order valence-corrected chi connectivity index (χ2v) is 14.6. The van der Waals surface area contributed by atoms with Crippen LogP contribution in [-0.2, 0) is 5.41 Å². The minimum atomic E-state index is -0.230. The molecule has 9 aromatic carbocycles. The van der Waals surface area contributed by atoms with Crippen molar-refractivity contribution in [3.63, 3.8) is 0 Å². The molecule has 53 heavy (non-hydrogen) atoms. The van der Waals surface area contributed by atoms with E-state index in [1.54, 1.807) is 0 Å². The summed E-state index contributed by atoms with van der Waals surface area (Å²) >= 11 is 0. The molecule has 0 fully saturated rings. The summed E-state index contributed by atoms with van der Waals surface area (Å²) in [6.45, 7) is 4.74. The standard InChI is InChI=1S/C51H38N2/c1-51(2)45-24-12-13-25-48(45)53(50-43-23-11-9-19-38(43)28-31-44(50)37-16-4-3-5-17-37)49-34-41(30-32-46(49)51)52(40-29-27-35-15-6-7-20-39(35)33-40)47-26-14-21-36-18-8-10-22-42(36)47/h3-34H,1-2H3. The summed E-state index contributed by atoms with van der Waals surface area (Å²) in [5.74, 6) is 0. The van der Waals surface area contributed by atoms with Crippen molar-refractivity contribution in [2.24, 2.45) is 0 Å². The van der Waals surface area contributed by atoms with E-state index < -0.39 is 0 Å². The molecule has 0 aromatic heterocycles. The predicted molar refractivity (Wildman–Crippen MR) is 226 cm³/mol. The molecule has 0 amide bonds. The van der Waals surface area contributed by atoms with Gasteiger partial charge in [0.05, 0.1) is 22.7 Å². The summed E-state index contributed by atoms with van der Waals surface area (Å²) in [4.78, 5) is 4.99. The van der Waals surface area contributed by atoms with Crippen LogP contribution in [0.2, 0.25) is 0 Å². The topological polar surface area (TPSA) is 6.48 Å². The lowest BCUT2D eigenvalue weighted by Gasteiger charge is -2.43. The van der Waals surface area contributed by atoms with Crippen LogP contribution in [0, 0.1) is 0 Å². The second kappa shape index (κ2) is 12.3. The van der Waals surface area contributed by atoms with Crippen LogP contribution in [0.1, 0.15) is 25.0 Å². The molecule has 9 aromatic rings. The summed E-state index contributed by atoms with van der Waals surface area (Å²) in [5.41, 5.74) is 11.7. The van der Waals surface area contributed by atoms with Gasteiger partial charge in [0, 0.05) is 33.1 Å². The Morgan fingerprint density at radius 3 is 1.83 bits per heavy atom. The Bertz CT molecular complexity index is 2830. The van der Waals surface area contributed by atoms with Gasteiger partial charge >= 0.3 is 0 Å². The van der Waals surface area contributed by atoms with Crippen molar-refractivity contribution in [2.45, 2.75) is 19.3 Å². The van der Waals surface area contributed by atoms with Crippen molar-refractivity contribution in [3.8, 4) is 11.1 Å². The third-order valence-electron chi connectivity index (χ3n) is 11.2. The molecule has 0 radical (unpaired) electrons. The first-order valence-electron chi connectivity index (χ1n) is 18.4. The van der Waals surface area contributed by atoms with Gasteiger partial charge in [-0.05, 0) is 74.6 Å². The smallest absolute Gasteiger partial charge is 0.0618 e. The maximum atomic E-state index is 2.55. The number of hydrogen-bond donors (Lipinski definition) is 0. The Kier molecular flexibility index (Phi) is 7.19. The molecule has 0 unspecified atom stereocenters. The number of benzene rings is 9. The maximum Gasteiger partial charge on any atom is 0.0618 e. The second-order valence-electron chi connectivity index (χ2n) is 14.6. The summed E-state index contributed by atoms with van der Waals surface area (Å²) in [5, 5.41) is 7.31. The number of fused-ring (bicyclic) bond motifs is 5. The van der Waals surface area contributed by atoms with Crippen LogP contribution in [0.4, 0.5) is 34.1 Å². The van der Waals surface area contributed by atoms with Crippen molar-refractivity contribution in [2.75, 3.05) is 9.80 Å². The molecule has 252 valence electrons. The molecular formula is C51H38N2. The summed E-state index contributed by atoms with van der Waals surface area (Å²) in [6.07, 6.45) is 0. The fraction of sp³-hybridized carbons (Fsp3) is 0.0588. The fourth-order valence-electron chi connectivity index (χ4n) is 8.58. The molecule has 0 atom stereocenters. The highest BCUT2D eigenvalue weighted by Crippen LogP contribution is 2.56. The van der Waals surface area contributed by atoms with Crippen LogP contribution < -0.4 is 9.80 Å². The van der Waals surface area contributed by atoms with E-state index >= 15 is 0 Å². The molecule has 2 heteroatoms. The molecule has 1 heterocycles. The fourth-order valence-corrected chi connectivity index (χ4v) is 8.58. The number of hydrogen-bond acceptors (Lipinski definition) is 2. The van der Waals surface area contributed by atoms with Crippen LogP contribution in [0.5, 0.6) is 0 Å². The number of para-hydroxylation sites is 1. The zero-order valence-corrected chi connectivity index (χ0v) is 29.9. The van der Waals surface area contributed by atoms with Gasteiger partial charge in [-0.3, -0.25) is 0 Å². The minimum absolute atomic E-state index is 0.230.